The first-order valence-corrected chi connectivity index (χ1v) is 16.0. The van der Waals surface area contributed by atoms with Crippen molar-refractivity contribution in [2.45, 2.75) is 35.5 Å². The van der Waals surface area contributed by atoms with E-state index in [0.29, 0.717) is 5.75 Å². The molecule has 0 radical (unpaired) electrons. The molecule has 0 amide bonds. The van der Waals surface area contributed by atoms with Crippen molar-refractivity contribution in [1.29, 1.82) is 0 Å². The van der Waals surface area contributed by atoms with Gasteiger partial charge in [0.25, 0.3) is 0 Å². The number of piperidine rings is 1. The van der Waals surface area contributed by atoms with Gasteiger partial charge in [0.05, 0.1) is 5.41 Å². The van der Waals surface area contributed by atoms with Gasteiger partial charge in [0.2, 0.25) is 0 Å². The van der Waals surface area contributed by atoms with Gasteiger partial charge in [-0.1, -0.05) is 127 Å². The van der Waals surface area contributed by atoms with E-state index in [9.17, 15) is 10.2 Å². The number of benzene rings is 5. The average molecular weight is 590 g/mol. The summed E-state index contributed by atoms with van der Waals surface area (Å²) in [7, 11) is 2.24. The third-order valence-electron chi connectivity index (χ3n) is 11.3. The number of ether oxygens (including phenoxy) is 1. The molecule has 4 aliphatic rings. The van der Waals surface area contributed by atoms with Crippen LogP contribution in [-0.2, 0) is 23.0 Å². The molecule has 2 bridgehead atoms. The maximum absolute atomic E-state index is 14.4. The Balaban J connectivity index is 1.56. The van der Waals surface area contributed by atoms with Crippen LogP contribution < -0.4 is 4.74 Å². The van der Waals surface area contributed by atoms with E-state index in [0.717, 1.165) is 58.3 Å². The molecule has 2 aliphatic carbocycles. The van der Waals surface area contributed by atoms with Crippen molar-refractivity contribution in [2.75, 3.05) is 13.6 Å². The standard InChI is InChI=1S/C41H35NO3/c1-42-25-24-39-36-29-22-23-33(43)38(36)45-41(39,31-20-12-5-13-21-31)40(44,30-18-10-4-11-19-30)35(28-16-8-3-9-17-28)34(37(39)32(42)26-29)27-14-6-2-7-15-27/h2-23,32,37,43-44H,24-26H2,1H3/t32-,37-,39-,40+,41-/m1/s1. The number of rotatable bonds is 4. The van der Waals surface area contributed by atoms with Crippen LogP contribution in [0.2, 0.25) is 0 Å². The highest BCUT2D eigenvalue weighted by atomic mass is 16.5. The Kier molecular flexibility index (Phi) is 5.60. The van der Waals surface area contributed by atoms with E-state index in [1.165, 1.54) is 5.56 Å². The molecule has 0 unspecified atom stereocenters. The largest absolute Gasteiger partial charge is 0.504 e. The van der Waals surface area contributed by atoms with Crippen LogP contribution in [-0.4, -0.2) is 34.7 Å². The molecule has 45 heavy (non-hydrogen) atoms. The zero-order valence-electron chi connectivity index (χ0n) is 25.2. The van der Waals surface area contributed by atoms with Crippen LogP contribution >= 0.6 is 0 Å². The summed E-state index contributed by atoms with van der Waals surface area (Å²) in [6, 6.07) is 45.5. The second-order valence-electron chi connectivity index (χ2n) is 13.1. The fourth-order valence-corrected chi connectivity index (χ4v) is 9.72. The van der Waals surface area contributed by atoms with Crippen molar-refractivity contribution in [2.24, 2.45) is 5.92 Å². The third-order valence-corrected chi connectivity index (χ3v) is 11.3. The minimum absolute atomic E-state index is 0.0337. The molecular weight excluding hydrogens is 554 g/mol. The van der Waals surface area contributed by atoms with Crippen LogP contribution in [0.25, 0.3) is 11.1 Å². The molecule has 0 aromatic heterocycles. The van der Waals surface area contributed by atoms with Crippen molar-refractivity contribution in [3.63, 3.8) is 0 Å². The van der Waals surface area contributed by atoms with Gasteiger partial charge in [-0.2, -0.15) is 0 Å². The molecule has 5 aromatic carbocycles. The molecule has 9 rings (SSSR count). The summed E-state index contributed by atoms with van der Waals surface area (Å²) in [6.07, 6.45) is 1.60. The van der Waals surface area contributed by atoms with E-state index in [4.69, 9.17) is 4.74 Å². The normalized spacial score (nSPS) is 29.6. The highest BCUT2D eigenvalue weighted by Gasteiger charge is 2.80. The predicted octanol–water partition coefficient (Wildman–Crippen LogP) is 7.31. The first-order valence-electron chi connectivity index (χ1n) is 16.0. The summed E-state index contributed by atoms with van der Waals surface area (Å²) in [5.74, 6) is 0.607. The van der Waals surface area contributed by atoms with Gasteiger partial charge in [0.15, 0.2) is 22.7 Å². The van der Waals surface area contributed by atoms with Gasteiger partial charge in [0, 0.05) is 23.1 Å². The minimum Gasteiger partial charge on any atom is -0.504 e. The van der Waals surface area contributed by atoms with Crippen LogP contribution in [0.15, 0.2) is 133 Å². The SMILES string of the molecule is CN1CC[C@]23c4c5ccc(O)c4O[C@@]2(c2ccccc2)[C@](O)(c2ccccc2)C(c2ccccc2)=C(c2ccccc2)[C@H]3[C@H]1C5. The molecule has 5 atom stereocenters. The van der Waals surface area contributed by atoms with Gasteiger partial charge in [-0.15, -0.1) is 0 Å². The second kappa shape index (κ2) is 9.43. The summed E-state index contributed by atoms with van der Waals surface area (Å²) in [5.41, 5.74) is 4.40. The molecule has 2 heterocycles. The van der Waals surface area contributed by atoms with Gasteiger partial charge in [-0.3, -0.25) is 0 Å². The number of aliphatic hydroxyl groups is 1. The Morgan fingerprint density at radius 2 is 1.29 bits per heavy atom. The van der Waals surface area contributed by atoms with Crippen LogP contribution in [0.1, 0.15) is 39.8 Å². The molecule has 1 saturated heterocycles. The number of likely N-dealkylation sites (tertiary alicyclic amines) is 1. The Bertz CT molecular complexity index is 1960. The molecule has 1 spiro atoms. The van der Waals surface area contributed by atoms with Gasteiger partial charge < -0.3 is 19.8 Å². The molecule has 2 aliphatic heterocycles. The Labute approximate surface area is 263 Å². The molecule has 1 fully saturated rings. The van der Waals surface area contributed by atoms with Crippen molar-refractivity contribution in [3.8, 4) is 11.5 Å². The summed E-state index contributed by atoms with van der Waals surface area (Å²) in [4.78, 5) is 2.51. The van der Waals surface area contributed by atoms with Gasteiger partial charge in [-0.05, 0) is 65.9 Å². The lowest BCUT2D eigenvalue weighted by atomic mass is 9.40. The van der Waals surface area contributed by atoms with Crippen molar-refractivity contribution in [3.05, 3.63) is 167 Å². The second-order valence-corrected chi connectivity index (χ2v) is 13.1. The molecule has 2 N–H and O–H groups in total. The number of likely N-dealkylation sites (N-methyl/N-ethyl adjacent to an activating group) is 1. The smallest absolute Gasteiger partial charge is 0.181 e. The Morgan fingerprint density at radius 3 is 1.93 bits per heavy atom. The van der Waals surface area contributed by atoms with Crippen LogP contribution in [0.4, 0.5) is 0 Å². The van der Waals surface area contributed by atoms with E-state index in [-0.39, 0.29) is 17.7 Å². The molecule has 0 saturated carbocycles. The van der Waals surface area contributed by atoms with Crippen LogP contribution in [0, 0.1) is 5.92 Å². The number of phenolic OH excluding ortho intramolecular Hbond substituents is 1. The topological polar surface area (TPSA) is 52.9 Å². The molecule has 4 heteroatoms. The highest BCUT2D eigenvalue weighted by Crippen LogP contribution is 2.77. The fourth-order valence-electron chi connectivity index (χ4n) is 9.72. The maximum atomic E-state index is 14.4. The van der Waals surface area contributed by atoms with Crippen LogP contribution in [0.5, 0.6) is 11.5 Å². The fraction of sp³-hybridized carbons (Fsp3) is 0.220. The summed E-state index contributed by atoms with van der Waals surface area (Å²) in [5, 5.41) is 25.9. The number of phenols is 1. The van der Waals surface area contributed by atoms with E-state index in [1.54, 1.807) is 6.07 Å². The lowest BCUT2D eigenvalue weighted by molar-refractivity contribution is -0.176. The van der Waals surface area contributed by atoms with Gasteiger partial charge in [-0.25, -0.2) is 0 Å². The molecule has 222 valence electrons. The first kappa shape index (κ1) is 26.7. The number of hydrogen-bond donors (Lipinski definition) is 2. The molecule has 4 nitrogen and oxygen atoms in total. The number of hydrogen-bond acceptors (Lipinski definition) is 4. The zero-order valence-corrected chi connectivity index (χ0v) is 25.2. The average Bonchev–Trinajstić information content (AvgIpc) is 3.42. The number of aromatic hydroxyl groups is 1. The lowest BCUT2D eigenvalue weighted by Gasteiger charge is -2.66. The monoisotopic (exact) mass is 589 g/mol. The van der Waals surface area contributed by atoms with Gasteiger partial charge >= 0.3 is 0 Å². The number of nitrogens with zero attached hydrogens (tertiary/aromatic N) is 1. The lowest BCUT2D eigenvalue weighted by Crippen LogP contribution is -2.73. The highest BCUT2D eigenvalue weighted by molar-refractivity contribution is 6.00. The maximum Gasteiger partial charge on any atom is 0.181 e. The Morgan fingerprint density at radius 1 is 0.711 bits per heavy atom. The Hall–Kier alpha value is -4.64. The van der Waals surface area contributed by atoms with E-state index in [2.05, 4.69) is 84.7 Å². The first-order chi connectivity index (χ1) is 22.0. The minimum atomic E-state index is -1.65. The van der Waals surface area contributed by atoms with E-state index < -0.39 is 16.6 Å². The van der Waals surface area contributed by atoms with Crippen LogP contribution in [0.3, 0.4) is 0 Å². The van der Waals surface area contributed by atoms with Crippen molar-refractivity contribution in [1.82, 2.24) is 4.90 Å². The van der Waals surface area contributed by atoms with Gasteiger partial charge in [0.1, 0.15) is 0 Å². The quantitative estimate of drug-likeness (QED) is 0.231. The predicted molar refractivity (Wildman–Crippen MR) is 177 cm³/mol. The molecule has 5 aromatic rings. The molecular formula is C41H35NO3. The summed E-state index contributed by atoms with van der Waals surface area (Å²) < 4.78 is 7.47. The summed E-state index contributed by atoms with van der Waals surface area (Å²) in [6.45, 7) is 0.848. The van der Waals surface area contributed by atoms with Crippen molar-refractivity contribution < 1.29 is 14.9 Å². The third kappa shape index (κ3) is 3.18. The van der Waals surface area contributed by atoms with E-state index >= 15 is 0 Å². The zero-order chi connectivity index (χ0) is 30.4. The van der Waals surface area contributed by atoms with E-state index in [1.807, 2.05) is 54.6 Å². The van der Waals surface area contributed by atoms with Crippen molar-refractivity contribution >= 4 is 11.1 Å². The summed E-state index contributed by atoms with van der Waals surface area (Å²) >= 11 is 0.